The predicted molar refractivity (Wildman–Crippen MR) is 101 cm³/mol. The van der Waals surface area contributed by atoms with Gasteiger partial charge in [-0.15, -0.1) is 0 Å². The number of allylic oxidation sites excluding steroid dienone is 1. The van der Waals surface area contributed by atoms with Crippen LogP contribution < -0.4 is 5.32 Å². The van der Waals surface area contributed by atoms with Crippen LogP contribution in [0.15, 0.2) is 41.8 Å². The Hall–Kier alpha value is -3.27. The molecule has 10 heteroatoms. The van der Waals surface area contributed by atoms with Crippen molar-refractivity contribution < 1.29 is 33.0 Å². The second kappa shape index (κ2) is 8.23. The average Bonchev–Trinajstić information content (AvgIpc) is 3.06. The smallest absolute Gasteiger partial charge is 0.276 e. The molecule has 2 fully saturated rings. The van der Waals surface area contributed by atoms with Crippen molar-refractivity contribution in [2.75, 3.05) is 20.2 Å². The first-order valence-electron chi connectivity index (χ1n) is 9.16. The zero-order valence-corrected chi connectivity index (χ0v) is 16.4. The Labute approximate surface area is 171 Å². The number of ether oxygens (including phenoxy) is 1. The zero-order valence-electron chi connectivity index (χ0n) is 16.4. The molecule has 0 bridgehead atoms. The number of halogens is 2. The molecule has 0 spiro atoms. The van der Waals surface area contributed by atoms with E-state index in [9.17, 15) is 28.3 Å². The van der Waals surface area contributed by atoms with Crippen LogP contribution in [0.5, 0.6) is 0 Å². The van der Waals surface area contributed by atoms with Gasteiger partial charge in [0.15, 0.2) is 12.0 Å². The number of ketones is 1. The number of piperazine rings is 1. The Balaban J connectivity index is 1.73. The molecule has 8 nitrogen and oxygen atoms in total. The van der Waals surface area contributed by atoms with Gasteiger partial charge in [0, 0.05) is 25.2 Å². The normalized spacial score (nSPS) is 22.6. The Morgan fingerprint density at radius 1 is 1.37 bits per heavy atom. The van der Waals surface area contributed by atoms with Gasteiger partial charge in [-0.1, -0.05) is 12.6 Å². The van der Waals surface area contributed by atoms with E-state index in [0.29, 0.717) is 12.7 Å². The van der Waals surface area contributed by atoms with Crippen molar-refractivity contribution in [3.63, 3.8) is 0 Å². The van der Waals surface area contributed by atoms with E-state index in [-0.39, 0.29) is 30.4 Å². The molecule has 2 aliphatic rings. The van der Waals surface area contributed by atoms with Crippen molar-refractivity contribution in [1.29, 1.82) is 0 Å². The monoisotopic (exact) mass is 421 g/mol. The number of Topliss-reactive ketones (excluding diaryl/α,β-unsaturated/α-hetero) is 1. The molecule has 1 aromatic rings. The number of likely N-dealkylation sites (N-methyl/N-ethyl adjacent to an activating group) is 1. The number of hydrogen-bond acceptors (Lipinski definition) is 6. The van der Waals surface area contributed by atoms with Gasteiger partial charge in [-0.05, 0) is 13.0 Å². The predicted octanol–water partition coefficient (Wildman–Crippen LogP) is 0.995. The largest absolute Gasteiger partial charge is 0.503 e. The fourth-order valence-electron chi connectivity index (χ4n) is 3.36. The molecular formula is C20H21F2N3O5. The van der Waals surface area contributed by atoms with Crippen LogP contribution in [-0.2, 0) is 25.7 Å². The highest BCUT2D eigenvalue weighted by Gasteiger charge is 2.44. The number of nitrogens with zero attached hydrogens (tertiary/aromatic N) is 2. The summed E-state index contributed by atoms with van der Waals surface area (Å²) in [7, 11) is 1.51. The zero-order chi connectivity index (χ0) is 22.2. The third kappa shape index (κ3) is 3.90. The van der Waals surface area contributed by atoms with Gasteiger partial charge >= 0.3 is 0 Å². The SMILES string of the molecule is C=C(C(=O)NCc1ccc(F)cc1F)C(=O)/C(O)=C1/C(=O)N2[C@@H](C)CO[C@@H]2CN1C. The number of amides is 2. The van der Waals surface area contributed by atoms with Gasteiger partial charge in [0.05, 0.1) is 24.8 Å². The molecule has 3 rings (SSSR count). The molecule has 0 radical (unpaired) electrons. The van der Waals surface area contributed by atoms with Crippen LogP contribution in [0.2, 0.25) is 0 Å². The van der Waals surface area contributed by atoms with E-state index in [1.807, 2.05) is 0 Å². The first kappa shape index (κ1) is 21.4. The van der Waals surface area contributed by atoms with Gasteiger partial charge in [-0.3, -0.25) is 14.4 Å². The van der Waals surface area contributed by atoms with Crippen LogP contribution in [0.1, 0.15) is 12.5 Å². The maximum absolute atomic E-state index is 13.7. The minimum atomic E-state index is -1.13. The molecule has 0 aromatic heterocycles. The molecule has 2 heterocycles. The van der Waals surface area contributed by atoms with Crippen LogP contribution in [0.3, 0.4) is 0 Å². The fourth-order valence-corrected chi connectivity index (χ4v) is 3.36. The highest BCUT2D eigenvalue weighted by Crippen LogP contribution is 2.28. The number of carbonyl (C=O) groups excluding carboxylic acids is 3. The number of rotatable bonds is 5. The van der Waals surface area contributed by atoms with E-state index in [2.05, 4.69) is 11.9 Å². The molecule has 0 unspecified atom stereocenters. The van der Waals surface area contributed by atoms with Gasteiger partial charge < -0.3 is 25.0 Å². The summed E-state index contributed by atoms with van der Waals surface area (Å²) in [4.78, 5) is 40.4. The van der Waals surface area contributed by atoms with Gasteiger partial charge in [0.1, 0.15) is 17.3 Å². The highest BCUT2D eigenvalue weighted by molar-refractivity contribution is 6.25. The average molecular weight is 421 g/mol. The van der Waals surface area contributed by atoms with Crippen LogP contribution in [-0.4, -0.2) is 65.0 Å². The lowest BCUT2D eigenvalue weighted by atomic mass is 10.1. The second-order valence-electron chi connectivity index (χ2n) is 7.15. The van der Waals surface area contributed by atoms with Crippen LogP contribution >= 0.6 is 0 Å². The molecule has 1 aromatic carbocycles. The Morgan fingerprint density at radius 2 is 2.07 bits per heavy atom. The summed E-state index contributed by atoms with van der Waals surface area (Å²) in [6.07, 6.45) is -0.485. The van der Waals surface area contributed by atoms with Crippen LogP contribution in [0.4, 0.5) is 8.78 Å². The lowest BCUT2D eigenvalue weighted by Crippen LogP contribution is -2.54. The number of hydrogen-bond donors (Lipinski definition) is 2. The van der Waals surface area contributed by atoms with Gasteiger partial charge in [0.2, 0.25) is 5.78 Å². The van der Waals surface area contributed by atoms with Crippen molar-refractivity contribution in [2.45, 2.75) is 25.7 Å². The molecule has 2 atom stereocenters. The number of benzene rings is 1. The number of nitrogens with one attached hydrogen (secondary N) is 1. The summed E-state index contributed by atoms with van der Waals surface area (Å²) < 4.78 is 32.1. The Kier molecular flexibility index (Phi) is 5.88. The molecule has 0 saturated carbocycles. The molecule has 160 valence electrons. The number of carbonyl (C=O) groups is 3. The number of aliphatic hydroxyl groups excluding tert-OH is 1. The lowest BCUT2D eigenvalue weighted by Gasteiger charge is -2.38. The minimum Gasteiger partial charge on any atom is -0.503 e. The third-order valence-corrected chi connectivity index (χ3v) is 5.01. The molecule has 2 N–H and O–H groups in total. The molecule has 2 saturated heterocycles. The van der Waals surface area contributed by atoms with E-state index in [0.717, 1.165) is 12.1 Å². The van der Waals surface area contributed by atoms with Crippen molar-refractivity contribution in [2.24, 2.45) is 0 Å². The van der Waals surface area contributed by atoms with E-state index >= 15 is 0 Å². The van der Waals surface area contributed by atoms with Crippen molar-refractivity contribution in [3.8, 4) is 0 Å². The number of aliphatic hydroxyl groups is 1. The maximum Gasteiger partial charge on any atom is 0.276 e. The summed E-state index contributed by atoms with van der Waals surface area (Å²) in [6.45, 7) is 5.41. The van der Waals surface area contributed by atoms with Gasteiger partial charge in [-0.25, -0.2) is 8.78 Å². The summed E-state index contributed by atoms with van der Waals surface area (Å²) in [6, 6.07) is 2.62. The van der Waals surface area contributed by atoms with E-state index < -0.39 is 46.8 Å². The first-order chi connectivity index (χ1) is 14.1. The van der Waals surface area contributed by atoms with Crippen molar-refractivity contribution in [1.82, 2.24) is 15.1 Å². The van der Waals surface area contributed by atoms with E-state index in [4.69, 9.17) is 4.74 Å². The van der Waals surface area contributed by atoms with Gasteiger partial charge in [0.25, 0.3) is 11.8 Å². The standard InChI is InChI=1S/C20H21F2N3O5/c1-10-9-30-15-8-24(3)16(20(29)25(10)15)18(27)17(26)11(2)19(28)23-7-12-4-5-13(21)6-14(12)22/h4-6,10,15,27H,2,7-9H2,1,3H3,(H,23,28)/b18-16+/t10-,15+/m0/s1. The summed E-state index contributed by atoms with van der Waals surface area (Å²) in [5.41, 5.74) is -0.882. The summed E-state index contributed by atoms with van der Waals surface area (Å²) >= 11 is 0. The van der Waals surface area contributed by atoms with Gasteiger partial charge in [-0.2, -0.15) is 0 Å². The van der Waals surface area contributed by atoms with Crippen LogP contribution in [0, 0.1) is 11.6 Å². The minimum absolute atomic E-state index is 0.00355. The van der Waals surface area contributed by atoms with Crippen molar-refractivity contribution >= 4 is 17.6 Å². The van der Waals surface area contributed by atoms with Crippen molar-refractivity contribution in [3.05, 3.63) is 59.0 Å². The Bertz CT molecular complexity index is 962. The topological polar surface area (TPSA) is 99.2 Å². The quantitative estimate of drug-likeness (QED) is 0.319. The molecule has 2 amide bonds. The molecule has 2 aliphatic heterocycles. The lowest BCUT2D eigenvalue weighted by molar-refractivity contribution is -0.141. The summed E-state index contributed by atoms with van der Waals surface area (Å²) in [5, 5.41) is 12.7. The maximum atomic E-state index is 13.7. The second-order valence-corrected chi connectivity index (χ2v) is 7.15. The first-order valence-corrected chi connectivity index (χ1v) is 9.16. The Morgan fingerprint density at radius 3 is 2.73 bits per heavy atom. The molecule has 30 heavy (non-hydrogen) atoms. The molecular weight excluding hydrogens is 400 g/mol. The summed E-state index contributed by atoms with van der Waals surface area (Å²) in [5.74, 6) is -5.21. The molecule has 0 aliphatic carbocycles. The van der Waals surface area contributed by atoms with E-state index in [1.165, 1.54) is 16.8 Å². The number of fused-ring (bicyclic) bond motifs is 1. The van der Waals surface area contributed by atoms with E-state index in [1.54, 1.807) is 6.92 Å². The third-order valence-electron chi connectivity index (χ3n) is 5.01. The highest BCUT2D eigenvalue weighted by atomic mass is 19.1. The fraction of sp³-hybridized carbons (Fsp3) is 0.350. The van der Waals surface area contributed by atoms with Crippen LogP contribution in [0.25, 0.3) is 0 Å².